The van der Waals surface area contributed by atoms with E-state index in [1.165, 1.54) is 18.4 Å². The van der Waals surface area contributed by atoms with Crippen LogP contribution < -0.4 is 9.47 Å². The average Bonchev–Trinajstić information content (AvgIpc) is 2.98. The number of halogens is 1. The van der Waals surface area contributed by atoms with Crippen molar-refractivity contribution in [2.75, 3.05) is 7.11 Å². The summed E-state index contributed by atoms with van der Waals surface area (Å²) in [4.78, 5) is 22.2. The number of rotatable bonds is 5. The molecule has 0 fully saturated rings. The minimum atomic E-state index is -0.580. The Morgan fingerprint density at radius 3 is 2.76 bits per heavy atom. The molecule has 25 heavy (non-hydrogen) atoms. The lowest BCUT2D eigenvalue weighted by atomic mass is 10.1. The first-order valence-electron chi connectivity index (χ1n) is 7.16. The first-order valence-corrected chi connectivity index (χ1v) is 7.54. The van der Waals surface area contributed by atoms with E-state index in [9.17, 15) is 14.9 Å². The molecular weight excluding hydrogens is 350 g/mol. The highest BCUT2D eigenvalue weighted by atomic mass is 35.5. The molecule has 2 aromatic carbocycles. The van der Waals surface area contributed by atoms with Crippen molar-refractivity contribution in [1.29, 1.82) is 0 Å². The van der Waals surface area contributed by atoms with Crippen molar-refractivity contribution in [3.05, 3.63) is 63.4 Å². The minimum Gasteiger partial charge on any atom is -0.497 e. The zero-order chi connectivity index (χ0) is 18.0. The molecule has 0 amide bonds. The Kier molecular flexibility index (Phi) is 4.58. The number of carbonyl (C=O) groups excluding carboxylic acids is 1. The maximum atomic E-state index is 12.1. The van der Waals surface area contributed by atoms with Gasteiger partial charge in [0.2, 0.25) is 0 Å². The predicted octanol–water partition coefficient (Wildman–Crippen LogP) is 4.15. The van der Waals surface area contributed by atoms with Crippen LogP contribution in [0.2, 0.25) is 5.02 Å². The van der Waals surface area contributed by atoms with Gasteiger partial charge in [0, 0.05) is 29.1 Å². The highest BCUT2D eigenvalue weighted by Gasteiger charge is 2.16. The molecule has 0 radical (unpaired) electrons. The summed E-state index contributed by atoms with van der Waals surface area (Å²) in [5.74, 6) is 0.148. The van der Waals surface area contributed by atoms with Crippen LogP contribution in [0.25, 0.3) is 11.0 Å². The Morgan fingerprint density at radius 2 is 2.08 bits per heavy atom. The van der Waals surface area contributed by atoms with Gasteiger partial charge in [0.05, 0.1) is 29.7 Å². The molecule has 7 nitrogen and oxygen atoms in total. The molecule has 3 rings (SSSR count). The van der Waals surface area contributed by atoms with Crippen LogP contribution in [0.1, 0.15) is 5.56 Å². The second-order valence-corrected chi connectivity index (χ2v) is 5.55. The summed E-state index contributed by atoms with van der Waals surface area (Å²) in [7, 11) is 1.55. The van der Waals surface area contributed by atoms with Gasteiger partial charge < -0.3 is 13.9 Å². The lowest BCUT2D eigenvalue weighted by Crippen LogP contribution is -2.11. The molecule has 0 N–H and O–H groups in total. The summed E-state index contributed by atoms with van der Waals surface area (Å²) >= 11 is 5.91. The van der Waals surface area contributed by atoms with Gasteiger partial charge >= 0.3 is 5.97 Å². The van der Waals surface area contributed by atoms with Gasteiger partial charge in [0.15, 0.2) is 0 Å². The van der Waals surface area contributed by atoms with Gasteiger partial charge in [-0.25, -0.2) is 0 Å². The molecule has 3 aromatic rings. The Hall–Kier alpha value is -3.06. The number of fused-ring (bicyclic) bond motifs is 1. The van der Waals surface area contributed by atoms with Gasteiger partial charge in [0.25, 0.3) is 5.69 Å². The number of esters is 1. The number of hydrogen-bond donors (Lipinski definition) is 0. The van der Waals surface area contributed by atoms with E-state index in [0.717, 1.165) is 11.5 Å². The number of non-ortho nitro benzene ring substituents is 1. The zero-order valence-corrected chi connectivity index (χ0v) is 13.8. The SMILES string of the molecule is COc1ccc2c(CC(=O)Oc3ccc([N+](=O)[O-])cc3Cl)coc2c1. The topological polar surface area (TPSA) is 91.8 Å². The third-order valence-electron chi connectivity index (χ3n) is 3.55. The Bertz CT molecular complexity index is 965. The van der Waals surface area contributed by atoms with Crippen LogP contribution in [-0.4, -0.2) is 18.0 Å². The monoisotopic (exact) mass is 361 g/mol. The number of nitro groups is 1. The fourth-order valence-corrected chi connectivity index (χ4v) is 2.54. The summed E-state index contributed by atoms with van der Waals surface area (Å²) in [5.41, 5.74) is 1.07. The summed E-state index contributed by atoms with van der Waals surface area (Å²) in [5, 5.41) is 11.4. The van der Waals surface area contributed by atoms with Crippen molar-refractivity contribution < 1.29 is 23.6 Å². The molecule has 1 heterocycles. The van der Waals surface area contributed by atoms with Gasteiger partial charge in [-0.2, -0.15) is 0 Å². The number of ether oxygens (including phenoxy) is 2. The molecule has 0 saturated heterocycles. The van der Waals surface area contributed by atoms with Gasteiger partial charge in [0.1, 0.15) is 17.1 Å². The van der Waals surface area contributed by atoms with E-state index in [-0.39, 0.29) is 22.9 Å². The lowest BCUT2D eigenvalue weighted by molar-refractivity contribution is -0.384. The number of nitrogens with zero attached hydrogens (tertiary/aromatic N) is 1. The van der Waals surface area contributed by atoms with Gasteiger partial charge in [-0.1, -0.05) is 11.6 Å². The van der Waals surface area contributed by atoms with Crippen molar-refractivity contribution >= 4 is 34.2 Å². The van der Waals surface area contributed by atoms with Crippen LogP contribution in [-0.2, 0) is 11.2 Å². The van der Waals surface area contributed by atoms with E-state index in [1.807, 2.05) is 0 Å². The number of methoxy groups -OCH3 is 1. The molecule has 0 bridgehead atoms. The standard InChI is InChI=1S/C17H12ClNO6/c1-23-12-3-4-13-10(9-24-16(13)8-12)6-17(20)25-15-5-2-11(19(21)22)7-14(15)18/h2-5,7-9H,6H2,1H3. The lowest BCUT2D eigenvalue weighted by Gasteiger charge is -2.05. The van der Waals surface area contributed by atoms with E-state index >= 15 is 0 Å². The van der Waals surface area contributed by atoms with Crippen molar-refractivity contribution in [1.82, 2.24) is 0 Å². The second-order valence-electron chi connectivity index (χ2n) is 5.15. The van der Waals surface area contributed by atoms with E-state index < -0.39 is 10.9 Å². The van der Waals surface area contributed by atoms with E-state index in [2.05, 4.69) is 0 Å². The molecule has 0 unspecified atom stereocenters. The third-order valence-corrected chi connectivity index (χ3v) is 3.84. The van der Waals surface area contributed by atoms with E-state index in [1.54, 1.807) is 25.3 Å². The molecule has 0 aliphatic carbocycles. The largest absolute Gasteiger partial charge is 0.497 e. The van der Waals surface area contributed by atoms with Gasteiger partial charge in [-0.3, -0.25) is 14.9 Å². The molecular formula is C17H12ClNO6. The molecule has 0 atom stereocenters. The van der Waals surface area contributed by atoms with Crippen molar-refractivity contribution in [2.45, 2.75) is 6.42 Å². The summed E-state index contributed by atoms with van der Waals surface area (Å²) < 4.78 is 15.7. The minimum absolute atomic E-state index is 0.00987. The number of carbonyl (C=O) groups is 1. The van der Waals surface area contributed by atoms with Crippen LogP contribution in [0, 0.1) is 10.1 Å². The van der Waals surface area contributed by atoms with Crippen LogP contribution in [0.3, 0.4) is 0 Å². The van der Waals surface area contributed by atoms with Gasteiger partial charge in [-0.15, -0.1) is 0 Å². The fraction of sp³-hybridized carbons (Fsp3) is 0.118. The number of furan rings is 1. The average molecular weight is 362 g/mol. The zero-order valence-electron chi connectivity index (χ0n) is 13.0. The molecule has 0 saturated carbocycles. The van der Waals surface area contributed by atoms with Gasteiger partial charge in [-0.05, 0) is 18.2 Å². The van der Waals surface area contributed by atoms with E-state index in [4.69, 9.17) is 25.5 Å². The van der Waals surface area contributed by atoms with Crippen LogP contribution in [0.5, 0.6) is 11.5 Å². The highest BCUT2D eigenvalue weighted by molar-refractivity contribution is 6.32. The normalized spacial score (nSPS) is 10.6. The molecule has 128 valence electrons. The first kappa shape index (κ1) is 16.8. The van der Waals surface area contributed by atoms with E-state index in [0.29, 0.717) is 16.9 Å². The Morgan fingerprint density at radius 1 is 1.28 bits per heavy atom. The highest BCUT2D eigenvalue weighted by Crippen LogP contribution is 2.30. The summed E-state index contributed by atoms with van der Waals surface area (Å²) in [6, 6.07) is 8.91. The molecule has 8 heteroatoms. The van der Waals surface area contributed by atoms with Crippen molar-refractivity contribution in [3.63, 3.8) is 0 Å². The fourth-order valence-electron chi connectivity index (χ4n) is 2.33. The summed E-state index contributed by atoms with van der Waals surface area (Å²) in [6.45, 7) is 0. The molecule has 1 aromatic heterocycles. The Labute approximate surface area is 146 Å². The second kappa shape index (κ2) is 6.82. The van der Waals surface area contributed by atoms with Crippen molar-refractivity contribution in [2.24, 2.45) is 0 Å². The maximum Gasteiger partial charge on any atom is 0.315 e. The Balaban J connectivity index is 1.76. The first-order chi connectivity index (χ1) is 12.0. The quantitative estimate of drug-likeness (QED) is 0.293. The molecule has 0 aliphatic rings. The van der Waals surface area contributed by atoms with Crippen LogP contribution in [0.4, 0.5) is 5.69 Å². The number of nitro benzene ring substituents is 1. The molecule has 0 aliphatic heterocycles. The summed E-state index contributed by atoms with van der Waals surface area (Å²) in [6.07, 6.45) is 1.44. The third kappa shape index (κ3) is 3.56. The number of hydrogen-bond acceptors (Lipinski definition) is 6. The maximum absolute atomic E-state index is 12.1. The number of benzene rings is 2. The predicted molar refractivity (Wildman–Crippen MR) is 90.2 cm³/mol. The van der Waals surface area contributed by atoms with Crippen molar-refractivity contribution in [3.8, 4) is 11.5 Å². The molecule has 0 spiro atoms. The smallest absolute Gasteiger partial charge is 0.315 e. The van der Waals surface area contributed by atoms with Crippen LogP contribution >= 0.6 is 11.6 Å². The van der Waals surface area contributed by atoms with Crippen LogP contribution in [0.15, 0.2) is 47.1 Å².